The summed E-state index contributed by atoms with van der Waals surface area (Å²) in [7, 11) is 0. The molecule has 0 bridgehead atoms. The summed E-state index contributed by atoms with van der Waals surface area (Å²) in [5.41, 5.74) is 8.92. The molecule has 0 radical (unpaired) electrons. The largest absolute Gasteiger partial charge is 0.397 e. The molecule has 0 saturated carbocycles. The number of nitrogen functional groups attached to an aromatic ring is 1. The molecule has 1 fully saturated rings. The van der Waals surface area contributed by atoms with Crippen LogP contribution in [0.2, 0.25) is 0 Å². The molecule has 24 heavy (non-hydrogen) atoms. The molecular formula is C19H22FN3O. The van der Waals surface area contributed by atoms with E-state index in [1.807, 2.05) is 12.1 Å². The Morgan fingerprint density at radius 3 is 2.62 bits per heavy atom. The molecule has 0 aromatic heterocycles. The molecule has 3 N–H and O–H groups in total. The second-order valence-electron chi connectivity index (χ2n) is 6.27. The second-order valence-corrected chi connectivity index (χ2v) is 6.27. The highest BCUT2D eigenvalue weighted by atomic mass is 19.1. The number of carbonyl (C=O) groups excluding carboxylic acids is 1. The van der Waals surface area contributed by atoms with Crippen LogP contribution in [0.1, 0.15) is 36.5 Å². The van der Waals surface area contributed by atoms with E-state index in [1.165, 1.54) is 43.5 Å². The molecule has 0 aliphatic carbocycles. The molecule has 4 nitrogen and oxygen atoms in total. The summed E-state index contributed by atoms with van der Waals surface area (Å²) in [5, 5.41) is 2.80. The fourth-order valence-electron chi connectivity index (χ4n) is 3.15. The Bertz CT molecular complexity index is 730. The maximum Gasteiger partial charge on any atom is 0.255 e. The van der Waals surface area contributed by atoms with Gasteiger partial charge in [-0.3, -0.25) is 4.79 Å². The molecule has 1 heterocycles. The summed E-state index contributed by atoms with van der Waals surface area (Å²) in [6.07, 6.45) is 3.60. The molecule has 1 unspecified atom stereocenters. The lowest BCUT2D eigenvalue weighted by Gasteiger charge is -2.36. The summed E-state index contributed by atoms with van der Waals surface area (Å²) in [6, 6.07) is 11.5. The van der Waals surface area contributed by atoms with Gasteiger partial charge in [0.15, 0.2) is 0 Å². The molecular weight excluding hydrogens is 305 g/mol. The van der Waals surface area contributed by atoms with Crippen LogP contribution in [0.3, 0.4) is 0 Å². The number of benzene rings is 2. The zero-order valence-corrected chi connectivity index (χ0v) is 13.8. The van der Waals surface area contributed by atoms with Crippen molar-refractivity contribution in [2.24, 2.45) is 0 Å². The van der Waals surface area contributed by atoms with Gasteiger partial charge in [-0.05, 0) is 68.7 Å². The van der Waals surface area contributed by atoms with Crippen LogP contribution in [-0.2, 0) is 0 Å². The van der Waals surface area contributed by atoms with Crippen molar-refractivity contribution < 1.29 is 9.18 Å². The predicted octanol–water partition coefficient (Wildman–Crippen LogP) is 4.04. The standard InChI is InChI=1S/C19H22FN3O/c1-13-4-2-3-11-23(13)18-10-9-16(12-17(18)21)22-19(24)14-5-7-15(20)8-6-14/h5-10,12-13H,2-4,11,21H2,1H3,(H,22,24). The SMILES string of the molecule is CC1CCCCN1c1ccc(NC(=O)c2ccc(F)cc2)cc1N. The van der Waals surface area contributed by atoms with Crippen LogP contribution in [0.4, 0.5) is 21.5 Å². The number of carbonyl (C=O) groups is 1. The first-order valence-corrected chi connectivity index (χ1v) is 8.27. The summed E-state index contributed by atoms with van der Waals surface area (Å²) in [4.78, 5) is 14.5. The van der Waals surface area contributed by atoms with Gasteiger partial charge in [-0.25, -0.2) is 4.39 Å². The third-order valence-electron chi connectivity index (χ3n) is 4.50. The van der Waals surface area contributed by atoms with Crippen LogP contribution in [-0.4, -0.2) is 18.5 Å². The highest BCUT2D eigenvalue weighted by Gasteiger charge is 2.20. The summed E-state index contributed by atoms with van der Waals surface area (Å²) in [5.74, 6) is -0.649. The van der Waals surface area contributed by atoms with E-state index in [2.05, 4.69) is 17.1 Å². The van der Waals surface area contributed by atoms with Crippen molar-refractivity contribution in [1.82, 2.24) is 0 Å². The second kappa shape index (κ2) is 6.91. The molecule has 1 amide bonds. The first kappa shape index (κ1) is 16.3. The van der Waals surface area contributed by atoms with E-state index in [4.69, 9.17) is 5.73 Å². The summed E-state index contributed by atoms with van der Waals surface area (Å²) in [6.45, 7) is 3.22. The number of nitrogens with two attached hydrogens (primary N) is 1. The number of rotatable bonds is 3. The Morgan fingerprint density at radius 1 is 1.21 bits per heavy atom. The number of anilines is 3. The average molecular weight is 327 g/mol. The van der Waals surface area contributed by atoms with Gasteiger partial charge in [0.1, 0.15) is 5.82 Å². The minimum atomic E-state index is -0.365. The molecule has 2 aromatic rings. The minimum Gasteiger partial charge on any atom is -0.397 e. The Hall–Kier alpha value is -2.56. The quantitative estimate of drug-likeness (QED) is 0.837. The normalized spacial score (nSPS) is 17.6. The maximum atomic E-state index is 12.9. The van der Waals surface area contributed by atoms with Gasteiger partial charge >= 0.3 is 0 Å². The van der Waals surface area contributed by atoms with Gasteiger partial charge in [0.25, 0.3) is 5.91 Å². The van der Waals surface area contributed by atoms with Crippen molar-refractivity contribution in [3.8, 4) is 0 Å². The van der Waals surface area contributed by atoms with Gasteiger partial charge in [0.05, 0.1) is 11.4 Å². The molecule has 5 heteroatoms. The zero-order chi connectivity index (χ0) is 17.1. The Labute approximate surface area is 141 Å². The van der Waals surface area contributed by atoms with Crippen LogP contribution < -0.4 is 16.0 Å². The molecule has 3 rings (SSSR count). The van der Waals surface area contributed by atoms with Crippen LogP contribution in [0.15, 0.2) is 42.5 Å². The topological polar surface area (TPSA) is 58.4 Å². The smallest absolute Gasteiger partial charge is 0.255 e. The Morgan fingerprint density at radius 2 is 1.96 bits per heavy atom. The molecule has 1 atom stereocenters. The van der Waals surface area contributed by atoms with E-state index >= 15 is 0 Å². The van der Waals surface area contributed by atoms with Gasteiger partial charge < -0.3 is 16.0 Å². The van der Waals surface area contributed by atoms with Crippen LogP contribution in [0.5, 0.6) is 0 Å². The number of nitrogens with one attached hydrogen (secondary N) is 1. The number of hydrogen-bond donors (Lipinski definition) is 2. The van der Waals surface area contributed by atoms with E-state index in [1.54, 1.807) is 6.07 Å². The average Bonchev–Trinajstić information content (AvgIpc) is 2.56. The Balaban J connectivity index is 1.74. The predicted molar refractivity (Wildman–Crippen MR) is 95.9 cm³/mol. The lowest BCUT2D eigenvalue weighted by Crippen LogP contribution is -2.37. The summed E-state index contributed by atoms with van der Waals surface area (Å²) < 4.78 is 12.9. The fraction of sp³-hybridized carbons (Fsp3) is 0.316. The van der Waals surface area contributed by atoms with Crippen molar-refractivity contribution in [3.05, 3.63) is 53.8 Å². The van der Waals surface area contributed by atoms with Crippen molar-refractivity contribution in [3.63, 3.8) is 0 Å². The van der Waals surface area contributed by atoms with Gasteiger partial charge in [0.2, 0.25) is 0 Å². The monoisotopic (exact) mass is 327 g/mol. The van der Waals surface area contributed by atoms with Gasteiger partial charge in [-0.1, -0.05) is 0 Å². The van der Waals surface area contributed by atoms with Crippen molar-refractivity contribution in [2.45, 2.75) is 32.2 Å². The number of nitrogens with zero attached hydrogens (tertiary/aromatic N) is 1. The van der Waals surface area contributed by atoms with E-state index in [0.717, 1.165) is 12.2 Å². The minimum absolute atomic E-state index is 0.284. The van der Waals surface area contributed by atoms with E-state index in [-0.39, 0.29) is 11.7 Å². The third-order valence-corrected chi connectivity index (χ3v) is 4.50. The van der Waals surface area contributed by atoms with Crippen LogP contribution in [0.25, 0.3) is 0 Å². The van der Waals surface area contributed by atoms with Gasteiger partial charge in [-0.2, -0.15) is 0 Å². The molecule has 1 aliphatic heterocycles. The van der Waals surface area contributed by atoms with Crippen LogP contribution >= 0.6 is 0 Å². The summed E-state index contributed by atoms with van der Waals surface area (Å²) >= 11 is 0. The van der Waals surface area contributed by atoms with E-state index < -0.39 is 0 Å². The van der Waals surface area contributed by atoms with Crippen molar-refractivity contribution in [2.75, 3.05) is 22.5 Å². The van der Waals surface area contributed by atoms with Crippen molar-refractivity contribution in [1.29, 1.82) is 0 Å². The number of halogens is 1. The molecule has 0 spiro atoms. The number of amides is 1. The van der Waals surface area contributed by atoms with E-state index in [0.29, 0.717) is 23.0 Å². The number of hydrogen-bond acceptors (Lipinski definition) is 3. The highest BCUT2D eigenvalue weighted by molar-refractivity contribution is 6.04. The molecule has 1 saturated heterocycles. The Kier molecular flexibility index (Phi) is 4.69. The first-order chi connectivity index (χ1) is 11.5. The zero-order valence-electron chi connectivity index (χ0n) is 13.8. The molecule has 2 aromatic carbocycles. The highest BCUT2D eigenvalue weighted by Crippen LogP contribution is 2.31. The van der Waals surface area contributed by atoms with Gasteiger partial charge in [-0.15, -0.1) is 0 Å². The first-order valence-electron chi connectivity index (χ1n) is 8.27. The lowest BCUT2D eigenvalue weighted by molar-refractivity contribution is 0.102. The van der Waals surface area contributed by atoms with E-state index in [9.17, 15) is 9.18 Å². The number of piperidine rings is 1. The lowest BCUT2D eigenvalue weighted by atomic mass is 10.0. The van der Waals surface area contributed by atoms with Gasteiger partial charge in [0, 0.05) is 23.8 Å². The maximum absolute atomic E-state index is 12.9. The molecule has 126 valence electrons. The fourth-order valence-corrected chi connectivity index (χ4v) is 3.15. The molecule has 1 aliphatic rings. The third kappa shape index (κ3) is 3.50. The van der Waals surface area contributed by atoms with Crippen LogP contribution in [0, 0.1) is 5.82 Å². The van der Waals surface area contributed by atoms with Crippen molar-refractivity contribution >= 4 is 23.0 Å².